The van der Waals surface area contributed by atoms with E-state index < -0.39 is 0 Å². The SMILES string of the molecule is COCCOc1cc2c(C[C@H](C)N)c3n(c2cc1F)CCC3.Cl. The van der Waals surface area contributed by atoms with E-state index in [0.29, 0.717) is 19.0 Å². The molecule has 3 rings (SSSR count). The van der Waals surface area contributed by atoms with Crippen molar-refractivity contribution >= 4 is 23.3 Å². The first kappa shape index (κ1) is 18.0. The number of methoxy groups -OCH3 is 1. The van der Waals surface area contributed by atoms with Crippen LogP contribution in [0.25, 0.3) is 10.9 Å². The van der Waals surface area contributed by atoms with Crippen molar-refractivity contribution < 1.29 is 13.9 Å². The van der Waals surface area contributed by atoms with Gasteiger partial charge in [0, 0.05) is 36.8 Å². The first-order chi connectivity index (χ1) is 10.6. The molecule has 0 aliphatic carbocycles. The summed E-state index contributed by atoms with van der Waals surface area (Å²) in [6.07, 6.45) is 2.96. The van der Waals surface area contributed by atoms with E-state index >= 15 is 0 Å². The molecule has 128 valence electrons. The zero-order valence-corrected chi connectivity index (χ0v) is 14.4. The van der Waals surface area contributed by atoms with Gasteiger partial charge < -0.3 is 19.8 Å². The highest BCUT2D eigenvalue weighted by atomic mass is 35.5. The number of fused-ring (bicyclic) bond motifs is 3. The van der Waals surface area contributed by atoms with Crippen LogP contribution in [-0.4, -0.2) is 30.9 Å². The highest BCUT2D eigenvalue weighted by Gasteiger charge is 2.23. The van der Waals surface area contributed by atoms with Gasteiger partial charge in [-0.25, -0.2) is 4.39 Å². The predicted octanol–water partition coefficient (Wildman–Crippen LogP) is 3.06. The Balaban J connectivity index is 0.00000192. The summed E-state index contributed by atoms with van der Waals surface area (Å²) in [5.41, 5.74) is 9.52. The Bertz CT molecular complexity index is 685. The average molecular weight is 343 g/mol. The molecule has 6 heteroatoms. The van der Waals surface area contributed by atoms with Crippen molar-refractivity contribution in [2.45, 2.75) is 38.8 Å². The van der Waals surface area contributed by atoms with Crippen LogP contribution in [0.4, 0.5) is 4.39 Å². The third kappa shape index (κ3) is 3.47. The molecular weight excluding hydrogens is 319 g/mol. The van der Waals surface area contributed by atoms with Crippen LogP contribution in [-0.2, 0) is 24.1 Å². The Labute approximate surface area is 142 Å². The van der Waals surface area contributed by atoms with Crippen LogP contribution in [0.3, 0.4) is 0 Å². The number of hydrogen-bond donors (Lipinski definition) is 1. The Morgan fingerprint density at radius 3 is 2.83 bits per heavy atom. The van der Waals surface area contributed by atoms with Crippen LogP contribution in [0.15, 0.2) is 12.1 Å². The number of rotatable bonds is 6. The van der Waals surface area contributed by atoms with Crippen molar-refractivity contribution in [1.82, 2.24) is 4.57 Å². The van der Waals surface area contributed by atoms with Crippen molar-refractivity contribution in [3.63, 3.8) is 0 Å². The van der Waals surface area contributed by atoms with Crippen LogP contribution in [0, 0.1) is 5.82 Å². The lowest BCUT2D eigenvalue weighted by Crippen LogP contribution is -2.18. The molecule has 1 atom stereocenters. The molecule has 2 N–H and O–H groups in total. The Morgan fingerprint density at radius 2 is 2.13 bits per heavy atom. The molecule has 1 aliphatic rings. The Morgan fingerprint density at radius 1 is 1.35 bits per heavy atom. The van der Waals surface area contributed by atoms with Gasteiger partial charge in [-0.3, -0.25) is 0 Å². The van der Waals surface area contributed by atoms with E-state index in [9.17, 15) is 4.39 Å². The largest absolute Gasteiger partial charge is 0.488 e. The fraction of sp³-hybridized carbons (Fsp3) is 0.529. The average Bonchev–Trinajstić information content (AvgIpc) is 3.03. The van der Waals surface area contributed by atoms with Crippen LogP contribution in [0.5, 0.6) is 5.75 Å². The van der Waals surface area contributed by atoms with Gasteiger partial charge in [-0.1, -0.05) is 0 Å². The van der Waals surface area contributed by atoms with Gasteiger partial charge in [-0.15, -0.1) is 12.4 Å². The number of ether oxygens (including phenoxy) is 2. The quantitative estimate of drug-likeness (QED) is 0.821. The van der Waals surface area contributed by atoms with E-state index in [0.717, 1.165) is 36.7 Å². The van der Waals surface area contributed by atoms with Gasteiger partial charge in [0.2, 0.25) is 0 Å². The lowest BCUT2D eigenvalue weighted by molar-refractivity contribution is 0.144. The monoisotopic (exact) mass is 342 g/mol. The van der Waals surface area contributed by atoms with Gasteiger partial charge >= 0.3 is 0 Å². The topological polar surface area (TPSA) is 49.4 Å². The third-order valence-corrected chi connectivity index (χ3v) is 4.21. The fourth-order valence-corrected chi connectivity index (χ4v) is 3.31. The van der Waals surface area contributed by atoms with Crippen molar-refractivity contribution in [3.8, 4) is 5.75 Å². The van der Waals surface area contributed by atoms with Crippen LogP contribution in [0.2, 0.25) is 0 Å². The summed E-state index contributed by atoms with van der Waals surface area (Å²) in [5, 5.41) is 1.07. The summed E-state index contributed by atoms with van der Waals surface area (Å²) in [4.78, 5) is 0. The maximum atomic E-state index is 14.3. The summed E-state index contributed by atoms with van der Waals surface area (Å²) >= 11 is 0. The van der Waals surface area contributed by atoms with Crippen LogP contribution < -0.4 is 10.5 Å². The smallest absolute Gasteiger partial charge is 0.167 e. The molecule has 0 spiro atoms. The van der Waals surface area contributed by atoms with E-state index in [1.165, 1.54) is 11.3 Å². The van der Waals surface area contributed by atoms with Crippen molar-refractivity contribution in [2.24, 2.45) is 5.73 Å². The first-order valence-corrected chi connectivity index (χ1v) is 7.82. The molecule has 2 aromatic rings. The van der Waals surface area contributed by atoms with Gasteiger partial charge in [0.15, 0.2) is 11.6 Å². The van der Waals surface area contributed by atoms with Crippen molar-refractivity contribution in [3.05, 3.63) is 29.2 Å². The van der Waals surface area contributed by atoms with E-state index in [1.54, 1.807) is 13.2 Å². The second-order valence-corrected chi connectivity index (χ2v) is 6.00. The molecule has 0 fully saturated rings. The summed E-state index contributed by atoms with van der Waals surface area (Å²) < 4.78 is 27.0. The molecule has 2 heterocycles. The molecule has 23 heavy (non-hydrogen) atoms. The number of hydrogen-bond acceptors (Lipinski definition) is 3. The van der Waals surface area contributed by atoms with E-state index in [2.05, 4.69) is 4.57 Å². The van der Waals surface area contributed by atoms with E-state index in [-0.39, 0.29) is 24.3 Å². The number of benzene rings is 1. The predicted molar refractivity (Wildman–Crippen MR) is 92.2 cm³/mol. The standard InChI is InChI=1S/C17H23FN2O2.ClH/c1-11(19)8-12-13-9-17(22-7-6-21-2)14(18)10-16(13)20-5-3-4-15(12)20;/h9-11H,3-8,19H2,1-2H3;1H/t11-;/m0./s1. The van der Waals surface area contributed by atoms with Gasteiger partial charge in [0.25, 0.3) is 0 Å². The highest BCUT2D eigenvalue weighted by molar-refractivity contribution is 5.87. The number of nitrogens with two attached hydrogens (primary N) is 1. The minimum absolute atomic E-state index is 0. The molecule has 1 aromatic carbocycles. The number of aromatic nitrogens is 1. The number of aryl methyl sites for hydroxylation is 1. The third-order valence-electron chi connectivity index (χ3n) is 4.21. The molecular formula is C17H24ClFN2O2. The van der Waals surface area contributed by atoms with Gasteiger partial charge in [-0.2, -0.15) is 0 Å². The Kier molecular flexibility index (Phi) is 5.89. The molecule has 4 nitrogen and oxygen atoms in total. The van der Waals surface area contributed by atoms with E-state index in [1.807, 2.05) is 13.0 Å². The molecule has 0 radical (unpaired) electrons. The molecule has 0 saturated carbocycles. The van der Waals surface area contributed by atoms with Crippen LogP contribution >= 0.6 is 12.4 Å². The summed E-state index contributed by atoms with van der Waals surface area (Å²) in [6, 6.07) is 3.50. The minimum Gasteiger partial charge on any atom is -0.488 e. The number of halogens is 2. The normalized spacial score (nSPS) is 14.6. The zero-order valence-electron chi connectivity index (χ0n) is 13.6. The molecule has 0 bridgehead atoms. The first-order valence-electron chi connectivity index (χ1n) is 7.82. The molecule has 0 saturated heterocycles. The maximum absolute atomic E-state index is 14.3. The van der Waals surface area contributed by atoms with Gasteiger partial charge in [0.1, 0.15) is 6.61 Å². The van der Waals surface area contributed by atoms with Crippen molar-refractivity contribution in [2.75, 3.05) is 20.3 Å². The second-order valence-electron chi connectivity index (χ2n) is 6.00. The lowest BCUT2D eigenvalue weighted by atomic mass is 10.0. The fourth-order valence-electron chi connectivity index (χ4n) is 3.31. The minimum atomic E-state index is -0.317. The van der Waals surface area contributed by atoms with Crippen LogP contribution in [0.1, 0.15) is 24.6 Å². The number of nitrogens with zero attached hydrogens (tertiary/aromatic N) is 1. The summed E-state index contributed by atoms with van der Waals surface area (Å²) in [6.45, 7) is 3.74. The van der Waals surface area contributed by atoms with Gasteiger partial charge in [0.05, 0.1) is 12.1 Å². The lowest BCUT2D eigenvalue weighted by Gasteiger charge is -2.09. The van der Waals surface area contributed by atoms with Crippen molar-refractivity contribution in [1.29, 1.82) is 0 Å². The van der Waals surface area contributed by atoms with Gasteiger partial charge in [-0.05, 0) is 37.8 Å². The second kappa shape index (κ2) is 7.51. The Hall–Kier alpha value is -1.30. The molecule has 1 aliphatic heterocycles. The summed E-state index contributed by atoms with van der Waals surface area (Å²) in [7, 11) is 1.60. The molecule has 0 amide bonds. The molecule has 1 aromatic heterocycles. The van der Waals surface area contributed by atoms with E-state index in [4.69, 9.17) is 15.2 Å². The maximum Gasteiger partial charge on any atom is 0.167 e. The highest BCUT2D eigenvalue weighted by Crippen LogP contribution is 2.35. The zero-order chi connectivity index (χ0) is 15.7. The summed E-state index contributed by atoms with van der Waals surface area (Å²) in [5.74, 6) is -0.0251. The molecule has 0 unspecified atom stereocenters.